The Morgan fingerprint density at radius 2 is 1.57 bits per heavy atom. The Morgan fingerprint density at radius 1 is 0.893 bits per heavy atom. The first-order chi connectivity index (χ1) is 13.4. The summed E-state index contributed by atoms with van der Waals surface area (Å²) >= 11 is 23.9. The largest absolute Gasteiger partial charge is 0.495 e. The van der Waals surface area contributed by atoms with Crippen LogP contribution in [0.2, 0.25) is 15.1 Å². The van der Waals surface area contributed by atoms with Crippen LogP contribution in [0.1, 0.15) is 0 Å². The van der Waals surface area contributed by atoms with Gasteiger partial charge in [-0.15, -0.1) is 0 Å². The number of thiocarbonyl (C=S) groups is 1. The van der Waals surface area contributed by atoms with E-state index in [4.69, 9.17) is 56.5 Å². The number of hydrogen-bond acceptors (Lipinski definition) is 4. The van der Waals surface area contributed by atoms with E-state index >= 15 is 0 Å². The second-order valence-corrected chi connectivity index (χ2v) is 7.80. The average Bonchev–Trinajstić information content (AvgIpc) is 2.71. The third-order valence-corrected chi connectivity index (χ3v) is 5.95. The molecule has 9 heteroatoms. The molecule has 0 spiro atoms. The molecular formula is C19H20Cl3N3O2S. The third-order valence-electron chi connectivity index (χ3n) is 4.55. The van der Waals surface area contributed by atoms with Gasteiger partial charge in [-0.25, -0.2) is 0 Å². The molecule has 28 heavy (non-hydrogen) atoms. The van der Waals surface area contributed by atoms with Crippen LogP contribution in [-0.2, 0) is 0 Å². The van der Waals surface area contributed by atoms with E-state index in [0.29, 0.717) is 37.4 Å². The minimum Gasteiger partial charge on any atom is -0.495 e. The Morgan fingerprint density at radius 3 is 2.18 bits per heavy atom. The summed E-state index contributed by atoms with van der Waals surface area (Å²) < 4.78 is 10.7. The fraction of sp³-hybridized carbons (Fsp3) is 0.316. The van der Waals surface area contributed by atoms with E-state index in [2.05, 4.69) is 15.1 Å². The Kier molecular flexibility index (Phi) is 6.99. The average molecular weight is 461 g/mol. The summed E-state index contributed by atoms with van der Waals surface area (Å²) in [6.45, 7) is 3.19. The number of piperazine rings is 1. The fourth-order valence-electron chi connectivity index (χ4n) is 3.00. The number of halogens is 3. The topological polar surface area (TPSA) is 37.0 Å². The quantitative estimate of drug-likeness (QED) is 0.633. The van der Waals surface area contributed by atoms with Crippen molar-refractivity contribution in [1.29, 1.82) is 0 Å². The molecule has 1 aliphatic heterocycles. The van der Waals surface area contributed by atoms with E-state index in [1.807, 2.05) is 18.2 Å². The minimum atomic E-state index is 0.478. The molecule has 150 valence electrons. The van der Waals surface area contributed by atoms with E-state index in [-0.39, 0.29) is 0 Å². The maximum atomic E-state index is 6.16. The molecule has 0 aliphatic carbocycles. The Hall–Kier alpha value is -1.60. The first-order valence-electron chi connectivity index (χ1n) is 8.60. The van der Waals surface area contributed by atoms with Crippen LogP contribution in [0.15, 0.2) is 30.3 Å². The number of benzene rings is 2. The first-order valence-corrected chi connectivity index (χ1v) is 10.1. The molecule has 1 heterocycles. The predicted octanol–water partition coefficient (Wildman–Crippen LogP) is 5.18. The van der Waals surface area contributed by atoms with Crippen molar-refractivity contribution < 1.29 is 9.47 Å². The molecule has 0 unspecified atom stereocenters. The molecule has 0 saturated carbocycles. The highest BCUT2D eigenvalue weighted by Gasteiger charge is 2.21. The van der Waals surface area contributed by atoms with Crippen LogP contribution in [-0.4, -0.2) is 50.4 Å². The third kappa shape index (κ3) is 4.69. The number of nitrogens with one attached hydrogen (secondary N) is 1. The number of rotatable bonds is 4. The van der Waals surface area contributed by atoms with Crippen molar-refractivity contribution in [2.75, 3.05) is 50.6 Å². The zero-order valence-electron chi connectivity index (χ0n) is 15.5. The van der Waals surface area contributed by atoms with Crippen LogP contribution in [0, 0.1) is 0 Å². The summed E-state index contributed by atoms with van der Waals surface area (Å²) in [7, 11) is 3.15. The molecule has 0 amide bonds. The molecule has 5 nitrogen and oxygen atoms in total. The van der Waals surface area contributed by atoms with Crippen LogP contribution >= 0.6 is 47.0 Å². The standard InChI is InChI=1S/C19H20Cl3N3O2S/c1-26-17-11-16(18(27-2)10-15(17)22)23-19(28)25-7-5-24(6-8-25)12-3-4-13(20)14(21)9-12/h3-4,9-11H,5-8H2,1-2H3,(H,23,28). The maximum Gasteiger partial charge on any atom is 0.173 e. The van der Waals surface area contributed by atoms with Crippen LogP contribution < -0.4 is 19.7 Å². The number of hydrogen-bond donors (Lipinski definition) is 1. The van der Waals surface area contributed by atoms with Gasteiger partial charge in [0.15, 0.2) is 5.11 Å². The van der Waals surface area contributed by atoms with Gasteiger partial charge in [0.05, 0.1) is 35.0 Å². The molecule has 1 fully saturated rings. The lowest BCUT2D eigenvalue weighted by molar-refractivity contribution is 0.389. The van der Waals surface area contributed by atoms with Gasteiger partial charge in [-0.3, -0.25) is 0 Å². The Bertz CT molecular complexity index is 874. The van der Waals surface area contributed by atoms with Crippen LogP contribution in [0.5, 0.6) is 11.5 Å². The highest BCUT2D eigenvalue weighted by atomic mass is 35.5. The minimum absolute atomic E-state index is 0.478. The monoisotopic (exact) mass is 459 g/mol. The van der Waals surface area contributed by atoms with Crippen LogP contribution in [0.3, 0.4) is 0 Å². The smallest absolute Gasteiger partial charge is 0.173 e. The second-order valence-electron chi connectivity index (χ2n) is 6.19. The molecule has 0 radical (unpaired) electrons. The van der Waals surface area contributed by atoms with Gasteiger partial charge in [-0.1, -0.05) is 34.8 Å². The van der Waals surface area contributed by atoms with Crippen LogP contribution in [0.25, 0.3) is 0 Å². The van der Waals surface area contributed by atoms with Gasteiger partial charge < -0.3 is 24.6 Å². The lowest BCUT2D eigenvalue weighted by Crippen LogP contribution is -2.50. The van der Waals surface area contributed by atoms with Gasteiger partial charge in [0, 0.05) is 44.0 Å². The van der Waals surface area contributed by atoms with E-state index in [0.717, 1.165) is 31.9 Å². The summed E-state index contributed by atoms with van der Waals surface area (Å²) in [4.78, 5) is 4.37. The lowest BCUT2D eigenvalue weighted by Gasteiger charge is -2.37. The van der Waals surface area contributed by atoms with Crippen molar-refractivity contribution in [2.24, 2.45) is 0 Å². The van der Waals surface area contributed by atoms with E-state index in [1.165, 1.54) is 0 Å². The Labute approximate surface area is 185 Å². The highest BCUT2D eigenvalue weighted by Crippen LogP contribution is 2.36. The number of nitrogens with zero attached hydrogens (tertiary/aromatic N) is 2. The molecule has 0 atom stereocenters. The van der Waals surface area contributed by atoms with E-state index in [9.17, 15) is 0 Å². The molecule has 1 aliphatic rings. The summed E-state index contributed by atoms with van der Waals surface area (Å²) in [5.74, 6) is 1.15. The second kappa shape index (κ2) is 9.27. The molecule has 2 aromatic carbocycles. The highest BCUT2D eigenvalue weighted by molar-refractivity contribution is 7.80. The van der Waals surface area contributed by atoms with Crippen LogP contribution in [0.4, 0.5) is 11.4 Å². The van der Waals surface area contributed by atoms with Gasteiger partial charge >= 0.3 is 0 Å². The lowest BCUT2D eigenvalue weighted by atomic mass is 10.2. The zero-order valence-corrected chi connectivity index (χ0v) is 18.6. The van der Waals surface area contributed by atoms with Crippen molar-refractivity contribution in [3.05, 3.63) is 45.4 Å². The number of methoxy groups -OCH3 is 2. The predicted molar refractivity (Wildman–Crippen MR) is 121 cm³/mol. The summed E-state index contributed by atoms with van der Waals surface area (Å²) in [6, 6.07) is 9.16. The summed E-state index contributed by atoms with van der Waals surface area (Å²) in [5.41, 5.74) is 1.76. The van der Waals surface area contributed by atoms with Gasteiger partial charge in [0.1, 0.15) is 11.5 Å². The number of ether oxygens (including phenoxy) is 2. The first kappa shape index (κ1) is 21.1. The molecule has 3 rings (SSSR count). The van der Waals surface area contributed by atoms with E-state index in [1.54, 1.807) is 26.4 Å². The molecule has 0 aromatic heterocycles. The van der Waals surface area contributed by atoms with Gasteiger partial charge in [0.2, 0.25) is 0 Å². The molecule has 1 N–H and O–H groups in total. The molecular weight excluding hydrogens is 441 g/mol. The van der Waals surface area contributed by atoms with Crippen molar-refractivity contribution in [3.8, 4) is 11.5 Å². The van der Waals surface area contributed by atoms with Crippen molar-refractivity contribution >= 4 is 63.5 Å². The van der Waals surface area contributed by atoms with Crippen molar-refractivity contribution in [2.45, 2.75) is 0 Å². The van der Waals surface area contributed by atoms with Crippen molar-refractivity contribution in [3.63, 3.8) is 0 Å². The number of anilines is 2. The summed E-state index contributed by atoms with van der Waals surface area (Å²) in [5, 5.41) is 5.46. The fourth-order valence-corrected chi connectivity index (χ4v) is 3.82. The van der Waals surface area contributed by atoms with Gasteiger partial charge in [-0.2, -0.15) is 0 Å². The SMILES string of the molecule is COc1cc(NC(=S)N2CCN(c3ccc(Cl)c(Cl)c3)CC2)c(OC)cc1Cl. The van der Waals surface area contributed by atoms with E-state index < -0.39 is 0 Å². The van der Waals surface area contributed by atoms with Gasteiger partial charge in [0.25, 0.3) is 0 Å². The molecule has 0 bridgehead atoms. The zero-order chi connectivity index (χ0) is 20.3. The maximum absolute atomic E-state index is 6.16. The summed E-state index contributed by atoms with van der Waals surface area (Å²) in [6.07, 6.45) is 0. The van der Waals surface area contributed by atoms with Crippen molar-refractivity contribution in [1.82, 2.24) is 4.90 Å². The molecule has 2 aromatic rings. The normalized spacial score (nSPS) is 14.0. The van der Waals surface area contributed by atoms with Gasteiger partial charge in [-0.05, 0) is 30.4 Å². The Balaban J connectivity index is 1.65. The molecule has 1 saturated heterocycles.